The van der Waals surface area contributed by atoms with Gasteiger partial charge in [-0.15, -0.1) is 0 Å². The van der Waals surface area contributed by atoms with E-state index in [2.05, 4.69) is 14.6 Å². The third kappa shape index (κ3) is 2.92. The van der Waals surface area contributed by atoms with E-state index in [-0.39, 0.29) is 11.9 Å². The normalized spacial score (nSPS) is 17.0. The smallest absolute Gasteiger partial charge is 0.256 e. The van der Waals surface area contributed by atoms with Crippen molar-refractivity contribution < 1.29 is 4.79 Å². The van der Waals surface area contributed by atoms with Gasteiger partial charge in [0.15, 0.2) is 0 Å². The van der Waals surface area contributed by atoms with Crippen LogP contribution in [0.25, 0.3) is 5.69 Å². The zero-order chi connectivity index (χ0) is 18.1. The van der Waals surface area contributed by atoms with Crippen molar-refractivity contribution in [3.8, 4) is 5.69 Å². The molecule has 6 nitrogen and oxygen atoms in total. The predicted molar refractivity (Wildman–Crippen MR) is 99.3 cm³/mol. The fourth-order valence-corrected chi connectivity index (χ4v) is 3.93. The van der Waals surface area contributed by atoms with E-state index < -0.39 is 0 Å². The van der Waals surface area contributed by atoms with Gasteiger partial charge in [-0.05, 0) is 51.0 Å². The van der Waals surface area contributed by atoms with Gasteiger partial charge in [0.25, 0.3) is 5.91 Å². The van der Waals surface area contributed by atoms with E-state index in [1.807, 2.05) is 60.1 Å². The van der Waals surface area contributed by atoms with E-state index in [9.17, 15) is 4.79 Å². The molecular formula is C20H23N5O. The number of rotatable bonds is 4. The molecule has 1 aliphatic heterocycles. The molecule has 26 heavy (non-hydrogen) atoms. The van der Waals surface area contributed by atoms with E-state index >= 15 is 0 Å². The molecule has 1 aliphatic rings. The summed E-state index contributed by atoms with van der Waals surface area (Å²) >= 11 is 0. The molecule has 134 valence electrons. The lowest BCUT2D eigenvalue weighted by molar-refractivity contribution is 0.0721. The SMILES string of the molecule is Cc1cc(C(=O)N2CCC[C@@H]2Cn2cccn2)c(C)n1-c1cccnc1. The third-order valence-electron chi connectivity index (χ3n) is 5.16. The highest BCUT2D eigenvalue weighted by molar-refractivity contribution is 5.96. The number of aromatic nitrogens is 4. The number of likely N-dealkylation sites (tertiary alicyclic amines) is 1. The summed E-state index contributed by atoms with van der Waals surface area (Å²) in [5.41, 5.74) is 3.77. The van der Waals surface area contributed by atoms with Gasteiger partial charge >= 0.3 is 0 Å². The molecular weight excluding hydrogens is 326 g/mol. The highest BCUT2D eigenvalue weighted by atomic mass is 16.2. The second-order valence-electron chi connectivity index (χ2n) is 6.85. The van der Waals surface area contributed by atoms with E-state index in [1.165, 1.54) is 0 Å². The molecule has 3 aromatic heterocycles. The first-order chi connectivity index (χ1) is 12.6. The molecule has 1 atom stereocenters. The van der Waals surface area contributed by atoms with Crippen LogP contribution in [0.1, 0.15) is 34.6 Å². The Morgan fingerprint density at radius 2 is 2.15 bits per heavy atom. The number of hydrogen-bond acceptors (Lipinski definition) is 3. The number of nitrogens with zero attached hydrogens (tertiary/aromatic N) is 5. The van der Waals surface area contributed by atoms with Crippen molar-refractivity contribution in [2.24, 2.45) is 0 Å². The van der Waals surface area contributed by atoms with Crippen molar-refractivity contribution in [3.05, 3.63) is 66.0 Å². The molecule has 0 spiro atoms. The van der Waals surface area contributed by atoms with Crippen LogP contribution in [0.3, 0.4) is 0 Å². The van der Waals surface area contributed by atoms with Crippen LogP contribution in [0.15, 0.2) is 49.1 Å². The molecule has 1 amide bonds. The summed E-state index contributed by atoms with van der Waals surface area (Å²) in [7, 11) is 0. The first-order valence-electron chi connectivity index (χ1n) is 9.03. The van der Waals surface area contributed by atoms with Crippen molar-refractivity contribution in [2.45, 2.75) is 39.3 Å². The molecule has 1 fully saturated rings. The monoisotopic (exact) mass is 349 g/mol. The summed E-state index contributed by atoms with van der Waals surface area (Å²) in [6.45, 7) is 5.59. The number of aryl methyl sites for hydroxylation is 1. The first kappa shape index (κ1) is 16.6. The number of hydrogen-bond donors (Lipinski definition) is 0. The minimum atomic E-state index is 0.114. The van der Waals surface area contributed by atoms with Crippen molar-refractivity contribution in [3.63, 3.8) is 0 Å². The van der Waals surface area contributed by atoms with Gasteiger partial charge in [0.1, 0.15) is 0 Å². The molecule has 3 aromatic rings. The minimum absolute atomic E-state index is 0.114. The highest BCUT2D eigenvalue weighted by Gasteiger charge is 2.31. The van der Waals surface area contributed by atoms with Crippen molar-refractivity contribution >= 4 is 5.91 Å². The van der Waals surface area contributed by atoms with E-state index in [1.54, 1.807) is 12.4 Å². The van der Waals surface area contributed by atoms with Crippen molar-refractivity contribution in [1.82, 2.24) is 24.2 Å². The number of carbonyl (C=O) groups excluding carboxylic acids is 1. The molecule has 1 saturated heterocycles. The molecule has 6 heteroatoms. The fourth-order valence-electron chi connectivity index (χ4n) is 3.93. The lowest BCUT2D eigenvalue weighted by Gasteiger charge is -2.25. The second-order valence-corrected chi connectivity index (χ2v) is 6.85. The van der Waals surface area contributed by atoms with Gasteiger partial charge < -0.3 is 9.47 Å². The molecule has 0 N–H and O–H groups in total. The Hall–Kier alpha value is -2.89. The maximum absolute atomic E-state index is 13.3. The van der Waals surface area contributed by atoms with Crippen LogP contribution < -0.4 is 0 Å². The van der Waals surface area contributed by atoms with Crippen LogP contribution >= 0.6 is 0 Å². The molecule has 0 bridgehead atoms. The molecule has 4 rings (SSSR count). The topological polar surface area (TPSA) is 56.0 Å². The Labute approximate surface area is 153 Å². The van der Waals surface area contributed by atoms with Crippen LogP contribution in [-0.4, -0.2) is 42.7 Å². The Balaban J connectivity index is 1.62. The third-order valence-corrected chi connectivity index (χ3v) is 5.16. The highest BCUT2D eigenvalue weighted by Crippen LogP contribution is 2.26. The average molecular weight is 349 g/mol. The van der Waals surface area contributed by atoms with E-state index in [0.717, 1.165) is 48.6 Å². The molecule has 4 heterocycles. The van der Waals surface area contributed by atoms with Crippen LogP contribution in [0.4, 0.5) is 0 Å². The molecule has 0 aromatic carbocycles. The lowest BCUT2D eigenvalue weighted by Crippen LogP contribution is -2.38. The zero-order valence-corrected chi connectivity index (χ0v) is 15.2. The standard InChI is InChI=1S/C20H23N5O/c1-15-12-19(16(2)25(15)17-6-3-8-21-13-17)20(26)24-11-4-7-18(24)14-23-10-5-9-22-23/h3,5-6,8-10,12-13,18H,4,7,11,14H2,1-2H3/t18-/m1/s1. The molecule has 0 aliphatic carbocycles. The largest absolute Gasteiger partial charge is 0.334 e. The summed E-state index contributed by atoms with van der Waals surface area (Å²) in [6.07, 6.45) is 9.38. The average Bonchev–Trinajstić information content (AvgIpc) is 3.37. The van der Waals surface area contributed by atoms with Crippen molar-refractivity contribution in [2.75, 3.05) is 6.54 Å². The van der Waals surface area contributed by atoms with Gasteiger partial charge in [-0.1, -0.05) is 0 Å². The summed E-state index contributed by atoms with van der Waals surface area (Å²) in [6, 6.07) is 8.04. The van der Waals surface area contributed by atoms with Crippen LogP contribution in [-0.2, 0) is 6.54 Å². The zero-order valence-electron chi connectivity index (χ0n) is 15.2. The second kappa shape index (κ2) is 6.78. The Morgan fingerprint density at radius 3 is 2.88 bits per heavy atom. The summed E-state index contributed by atoms with van der Waals surface area (Å²) in [5, 5.41) is 4.29. The Bertz CT molecular complexity index is 898. The van der Waals surface area contributed by atoms with Crippen LogP contribution in [0.2, 0.25) is 0 Å². The van der Waals surface area contributed by atoms with E-state index in [4.69, 9.17) is 0 Å². The fraction of sp³-hybridized carbons (Fsp3) is 0.350. The van der Waals surface area contributed by atoms with Gasteiger partial charge in [-0.25, -0.2) is 0 Å². The summed E-state index contributed by atoms with van der Waals surface area (Å²) in [5.74, 6) is 0.114. The Morgan fingerprint density at radius 1 is 1.27 bits per heavy atom. The maximum atomic E-state index is 13.3. The van der Waals surface area contributed by atoms with Gasteiger partial charge in [-0.2, -0.15) is 5.10 Å². The lowest BCUT2D eigenvalue weighted by atomic mass is 10.1. The van der Waals surface area contributed by atoms with Gasteiger partial charge in [-0.3, -0.25) is 14.5 Å². The maximum Gasteiger partial charge on any atom is 0.256 e. The minimum Gasteiger partial charge on any atom is -0.334 e. The first-order valence-corrected chi connectivity index (χ1v) is 9.03. The van der Waals surface area contributed by atoms with Crippen molar-refractivity contribution in [1.29, 1.82) is 0 Å². The molecule has 0 unspecified atom stereocenters. The van der Waals surface area contributed by atoms with Crippen LogP contribution in [0.5, 0.6) is 0 Å². The van der Waals surface area contributed by atoms with Gasteiger partial charge in [0, 0.05) is 36.5 Å². The number of pyridine rings is 1. The van der Waals surface area contributed by atoms with Gasteiger partial charge in [0.05, 0.1) is 30.0 Å². The van der Waals surface area contributed by atoms with Crippen LogP contribution in [0, 0.1) is 13.8 Å². The predicted octanol–water partition coefficient (Wildman–Crippen LogP) is 2.99. The molecule has 0 saturated carbocycles. The number of amides is 1. The van der Waals surface area contributed by atoms with E-state index in [0.29, 0.717) is 0 Å². The Kier molecular flexibility index (Phi) is 4.32. The van der Waals surface area contributed by atoms with Gasteiger partial charge in [0.2, 0.25) is 0 Å². The summed E-state index contributed by atoms with van der Waals surface area (Å²) in [4.78, 5) is 19.5. The quantitative estimate of drug-likeness (QED) is 0.728. The number of carbonyl (C=O) groups is 1. The summed E-state index contributed by atoms with van der Waals surface area (Å²) < 4.78 is 4.01. The molecule has 0 radical (unpaired) electrons.